The molecular weight excluding hydrogens is 789 g/mol. The second-order valence-electron chi connectivity index (χ2n) is 18.9. The standard InChI is InChI=1S/C26H33N3O2.C19H18N2O3.C7H15N/c1-26(2,3)31-25(30)29-18-28-23-15-22(12-13-24(23)29)21-11-7-10-20(14-21)17-27-16-19-8-5-4-6-9-19;1-19(2,3)24-18(23)21-12-20-16-10-15(7-8-17(16)21)14-6-4-5-13(9-14)11-22;8-6-7-4-2-1-3-5-7/h7,10-15,18-19,27H,4-6,8-9,16-17H2,1-3H3;4-12H,1-3H3;7H,1-6,8H2. The van der Waals surface area contributed by atoms with Gasteiger partial charge in [0.05, 0.1) is 22.1 Å². The van der Waals surface area contributed by atoms with Gasteiger partial charge in [-0.3, -0.25) is 4.79 Å². The van der Waals surface area contributed by atoms with Gasteiger partial charge in [0.1, 0.15) is 30.1 Å². The van der Waals surface area contributed by atoms with E-state index in [0.29, 0.717) is 16.6 Å². The lowest BCUT2D eigenvalue weighted by Gasteiger charge is -2.21. The molecule has 6 aromatic rings. The SMILES string of the molecule is CC(C)(C)OC(=O)n1cnc2cc(-c3cccc(C=O)c3)ccc21.CC(C)(C)OC(=O)n1cnc2cc(-c3cccc(CNCC4CCCCC4)c3)ccc21.NCC1CCCCC1. The maximum atomic E-state index is 12.4. The molecule has 0 radical (unpaired) electrons. The number of carbonyl (C=O) groups excluding carboxylic acids is 3. The number of imidazole rings is 2. The Morgan fingerprint density at radius 1 is 0.651 bits per heavy atom. The van der Waals surface area contributed by atoms with Crippen molar-refractivity contribution in [2.45, 2.75) is 123 Å². The van der Waals surface area contributed by atoms with Crippen LogP contribution in [0.1, 0.15) is 122 Å². The first-order valence-corrected chi connectivity index (χ1v) is 22.7. The minimum absolute atomic E-state index is 0.409. The van der Waals surface area contributed by atoms with Crippen LogP contribution in [0.4, 0.5) is 9.59 Å². The minimum Gasteiger partial charge on any atom is -0.443 e. The zero-order chi connectivity index (χ0) is 45.0. The van der Waals surface area contributed by atoms with Crippen molar-refractivity contribution in [3.8, 4) is 22.3 Å². The maximum Gasteiger partial charge on any atom is 0.420 e. The highest BCUT2D eigenvalue weighted by Gasteiger charge is 2.21. The number of aldehydes is 1. The molecule has 0 atom stereocenters. The van der Waals surface area contributed by atoms with E-state index in [-0.39, 0.29) is 0 Å². The minimum atomic E-state index is -0.567. The molecule has 0 unspecified atom stereocenters. The Balaban J connectivity index is 0.000000182. The molecule has 2 saturated carbocycles. The summed E-state index contributed by atoms with van der Waals surface area (Å²) in [4.78, 5) is 44.3. The Hall–Kier alpha value is -5.65. The number of benzene rings is 4. The molecule has 11 heteroatoms. The van der Waals surface area contributed by atoms with E-state index >= 15 is 0 Å². The van der Waals surface area contributed by atoms with Crippen molar-refractivity contribution >= 4 is 40.5 Å². The van der Waals surface area contributed by atoms with Crippen LogP contribution in [0, 0.1) is 11.8 Å². The average molecular weight is 855 g/mol. The Bertz CT molecular complexity index is 2440. The summed E-state index contributed by atoms with van der Waals surface area (Å²) in [5.74, 6) is 1.70. The number of fused-ring (bicyclic) bond motifs is 2. The number of nitrogens with two attached hydrogens (primary N) is 1. The molecule has 8 rings (SSSR count). The van der Waals surface area contributed by atoms with Crippen LogP contribution in [-0.2, 0) is 16.0 Å². The first-order valence-electron chi connectivity index (χ1n) is 22.7. The second-order valence-corrected chi connectivity index (χ2v) is 18.9. The highest BCUT2D eigenvalue weighted by molar-refractivity contribution is 5.91. The van der Waals surface area contributed by atoms with E-state index < -0.39 is 23.4 Å². The maximum absolute atomic E-state index is 12.4. The predicted octanol–water partition coefficient (Wildman–Crippen LogP) is 12.0. The van der Waals surface area contributed by atoms with Crippen LogP contribution < -0.4 is 11.1 Å². The van der Waals surface area contributed by atoms with Gasteiger partial charge in [-0.05, 0) is 156 Å². The Labute approximate surface area is 372 Å². The van der Waals surface area contributed by atoms with Crippen molar-refractivity contribution in [1.29, 1.82) is 0 Å². The van der Waals surface area contributed by atoms with Crippen molar-refractivity contribution in [2.24, 2.45) is 17.6 Å². The Morgan fingerprint density at radius 3 is 1.60 bits per heavy atom. The normalized spacial score (nSPS) is 14.9. The van der Waals surface area contributed by atoms with Gasteiger partial charge in [0.15, 0.2) is 0 Å². The molecule has 3 N–H and O–H groups in total. The molecule has 334 valence electrons. The summed E-state index contributed by atoms with van der Waals surface area (Å²) in [5.41, 5.74) is 13.3. The smallest absolute Gasteiger partial charge is 0.420 e. The topological polar surface area (TPSA) is 143 Å². The molecule has 4 aromatic carbocycles. The summed E-state index contributed by atoms with van der Waals surface area (Å²) in [6.45, 7) is 14.0. The third-order valence-corrected chi connectivity index (χ3v) is 11.4. The largest absolute Gasteiger partial charge is 0.443 e. The van der Waals surface area contributed by atoms with Crippen molar-refractivity contribution in [3.05, 3.63) is 109 Å². The van der Waals surface area contributed by atoms with Crippen LogP contribution in [0.3, 0.4) is 0 Å². The van der Waals surface area contributed by atoms with Crippen LogP contribution in [0.25, 0.3) is 44.3 Å². The number of rotatable bonds is 8. The van der Waals surface area contributed by atoms with Crippen molar-refractivity contribution in [1.82, 2.24) is 24.4 Å². The number of carbonyl (C=O) groups is 3. The van der Waals surface area contributed by atoms with Gasteiger partial charge in [-0.15, -0.1) is 0 Å². The van der Waals surface area contributed by atoms with Gasteiger partial charge >= 0.3 is 12.2 Å². The van der Waals surface area contributed by atoms with E-state index in [1.807, 2.05) is 96.1 Å². The monoisotopic (exact) mass is 855 g/mol. The van der Waals surface area contributed by atoms with Gasteiger partial charge < -0.3 is 20.5 Å². The van der Waals surface area contributed by atoms with Gasteiger partial charge in [-0.2, -0.15) is 0 Å². The summed E-state index contributed by atoms with van der Waals surface area (Å²) >= 11 is 0. The number of hydrogen-bond acceptors (Lipinski definition) is 9. The molecule has 2 aliphatic rings. The number of nitrogens with zero attached hydrogens (tertiary/aromatic N) is 4. The van der Waals surface area contributed by atoms with Gasteiger partial charge in [0.2, 0.25) is 0 Å². The first-order chi connectivity index (χ1) is 30.2. The van der Waals surface area contributed by atoms with Crippen LogP contribution in [-0.4, -0.2) is 61.9 Å². The highest BCUT2D eigenvalue weighted by Crippen LogP contribution is 2.28. The zero-order valence-electron chi connectivity index (χ0n) is 38.1. The van der Waals surface area contributed by atoms with Crippen LogP contribution >= 0.6 is 0 Å². The molecule has 11 nitrogen and oxygen atoms in total. The average Bonchev–Trinajstić information content (AvgIpc) is 3.91. The van der Waals surface area contributed by atoms with Gasteiger partial charge in [-0.1, -0.05) is 87.1 Å². The Morgan fingerprint density at radius 2 is 1.13 bits per heavy atom. The summed E-state index contributed by atoms with van der Waals surface area (Å²) < 4.78 is 13.7. The fourth-order valence-electron chi connectivity index (χ4n) is 8.18. The molecule has 2 heterocycles. The van der Waals surface area contributed by atoms with Crippen LogP contribution in [0.2, 0.25) is 0 Å². The highest BCUT2D eigenvalue weighted by atomic mass is 16.6. The van der Waals surface area contributed by atoms with E-state index in [9.17, 15) is 14.4 Å². The summed E-state index contributed by atoms with van der Waals surface area (Å²) in [6.07, 6.45) is 16.9. The molecule has 0 bridgehead atoms. The number of hydrogen-bond donors (Lipinski definition) is 2. The lowest BCUT2D eigenvalue weighted by molar-refractivity contribution is 0.0532. The van der Waals surface area contributed by atoms with Crippen molar-refractivity contribution in [2.75, 3.05) is 13.1 Å². The van der Waals surface area contributed by atoms with Gasteiger partial charge in [0, 0.05) is 12.1 Å². The lowest BCUT2D eigenvalue weighted by atomic mass is 9.89. The fourth-order valence-corrected chi connectivity index (χ4v) is 8.18. The predicted molar refractivity (Wildman–Crippen MR) is 253 cm³/mol. The molecule has 2 fully saturated rings. The molecule has 0 spiro atoms. The number of ether oxygens (including phenoxy) is 2. The molecular formula is C52H66N6O5. The van der Waals surface area contributed by atoms with Crippen molar-refractivity contribution < 1.29 is 23.9 Å². The lowest BCUT2D eigenvalue weighted by Crippen LogP contribution is -2.26. The number of aromatic nitrogens is 4. The van der Waals surface area contributed by atoms with Crippen molar-refractivity contribution in [3.63, 3.8) is 0 Å². The molecule has 0 saturated heterocycles. The quantitative estimate of drug-likeness (QED) is 0.143. The third kappa shape index (κ3) is 13.7. The summed E-state index contributed by atoms with van der Waals surface area (Å²) in [7, 11) is 0. The van der Waals surface area contributed by atoms with Gasteiger partial charge in [0.25, 0.3) is 0 Å². The molecule has 2 aromatic heterocycles. The molecule has 63 heavy (non-hydrogen) atoms. The van der Waals surface area contributed by atoms with Crippen LogP contribution in [0.5, 0.6) is 0 Å². The fraction of sp³-hybridized carbons (Fsp3) is 0.442. The summed E-state index contributed by atoms with van der Waals surface area (Å²) in [5, 5.41) is 3.65. The second kappa shape index (κ2) is 21.6. The summed E-state index contributed by atoms with van der Waals surface area (Å²) in [6, 6.07) is 27.6. The number of nitrogens with one attached hydrogen (secondary N) is 1. The molecule has 2 aliphatic carbocycles. The first kappa shape index (κ1) is 46.8. The van der Waals surface area contributed by atoms with E-state index in [4.69, 9.17) is 15.2 Å². The van der Waals surface area contributed by atoms with Gasteiger partial charge in [-0.25, -0.2) is 28.7 Å². The zero-order valence-corrected chi connectivity index (χ0v) is 38.1. The van der Waals surface area contributed by atoms with Crippen LogP contribution in [0.15, 0.2) is 97.6 Å². The van der Waals surface area contributed by atoms with E-state index in [2.05, 4.69) is 39.6 Å². The molecule has 0 aliphatic heterocycles. The Kier molecular flexibility index (Phi) is 16.1. The third-order valence-electron chi connectivity index (χ3n) is 11.4. The van der Waals surface area contributed by atoms with E-state index in [0.717, 1.165) is 71.0 Å². The molecule has 0 amide bonds. The van der Waals surface area contributed by atoms with E-state index in [1.54, 1.807) is 6.07 Å². The van der Waals surface area contributed by atoms with E-state index in [1.165, 1.54) is 91.6 Å².